The van der Waals surface area contributed by atoms with Crippen LogP contribution in [0, 0.1) is 6.92 Å². The molecule has 0 spiro atoms. The van der Waals surface area contributed by atoms with E-state index in [2.05, 4.69) is 9.71 Å². The fourth-order valence-electron chi connectivity index (χ4n) is 3.03. The average Bonchev–Trinajstić information content (AvgIpc) is 2.75. The number of benzene rings is 3. The number of hydrogen-bond donors (Lipinski definition) is 2. The van der Waals surface area contributed by atoms with Gasteiger partial charge in [0.15, 0.2) is 0 Å². The first-order valence-corrected chi connectivity index (χ1v) is 12.8. The molecule has 3 aromatic rings. The van der Waals surface area contributed by atoms with Crippen LogP contribution in [0.5, 0.6) is 11.5 Å². The smallest absolute Gasteiger partial charge is 0.283 e. The molecule has 3 aromatic carbocycles. The van der Waals surface area contributed by atoms with Crippen LogP contribution >= 0.6 is 11.6 Å². The Labute approximate surface area is 197 Å². The van der Waals surface area contributed by atoms with E-state index in [1.807, 2.05) is 0 Å². The number of amidine groups is 1. The highest BCUT2D eigenvalue weighted by molar-refractivity contribution is 7.91. The number of nitrogens with zero attached hydrogens (tertiary/aromatic N) is 1. The van der Waals surface area contributed by atoms with Crippen molar-refractivity contribution in [2.24, 2.45) is 4.40 Å². The number of phenols is 1. The van der Waals surface area contributed by atoms with E-state index in [4.69, 9.17) is 16.3 Å². The van der Waals surface area contributed by atoms with Crippen molar-refractivity contribution in [3.05, 3.63) is 71.2 Å². The molecule has 0 saturated heterocycles. The molecule has 0 fully saturated rings. The van der Waals surface area contributed by atoms with Gasteiger partial charge in [0.1, 0.15) is 17.3 Å². The van der Waals surface area contributed by atoms with E-state index in [0.717, 1.165) is 6.07 Å². The van der Waals surface area contributed by atoms with E-state index in [1.165, 1.54) is 68.6 Å². The van der Waals surface area contributed by atoms with Gasteiger partial charge in [-0.25, -0.2) is 8.42 Å². The van der Waals surface area contributed by atoms with Gasteiger partial charge in [-0.05, 0) is 74.0 Å². The van der Waals surface area contributed by atoms with Gasteiger partial charge in [-0.2, -0.15) is 8.42 Å². The lowest BCUT2D eigenvalue weighted by Crippen LogP contribution is -2.15. The molecule has 0 aliphatic carbocycles. The number of sulfonamides is 1. The second-order valence-electron chi connectivity index (χ2n) is 7.05. The number of nitrogens with one attached hydrogen (secondary N) is 1. The molecule has 0 aliphatic rings. The van der Waals surface area contributed by atoms with Gasteiger partial charge in [-0.15, -0.1) is 4.40 Å². The number of halogens is 1. The Kier molecular flexibility index (Phi) is 7.01. The summed E-state index contributed by atoms with van der Waals surface area (Å²) in [4.78, 5) is -0.329. The molecule has 8 nitrogen and oxygen atoms in total. The zero-order chi connectivity index (χ0) is 24.4. The predicted molar refractivity (Wildman–Crippen MR) is 127 cm³/mol. The van der Waals surface area contributed by atoms with Crippen LogP contribution in [0.1, 0.15) is 12.5 Å². The van der Waals surface area contributed by atoms with Crippen LogP contribution in [0.3, 0.4) is 0 Å². The van der Waals surface area contributed by atoms with Gasteiger partial charge in [0, 0.05) is 11.1 Å². The summed E-state index contributed by atoms with van der Waals surface area (Å²) < 4.78 is 60.7. The third-order valence-corrected chi connectivity index (χ3v) is 8.05. The van der Waals surface area contributed by atoms with Gasteiger partial charge in [0.05, 0.1) is 27.5 Å². The Morgan fingerprint density at radius 2 is 1.55 bits per heavy atom. The van der Waals surface area contributed by atoms with Crippen molar-refractivity contribution in [3.8, 4) is 11.5 Å². The Bertz CT molecular complexity index is 1420. The third-order valence-electron chi connectivity index (χ3n) is 4.62. The minimum atomic E-state index is -4.08. The average molecular weight is 509 g/mol. The van der Waals surface area contributed by atoms with Crippen LogP contribution in [0.2, 0.25) is 5.02 Å². The highest BCUT2D eigenvalue weighted by atomic mass is 35.5. The quantitative estimate of drug-likeness (QED) is 0.287. The molecule has 0 atom stereocenters. The number of hydrogen-bond acceptors (Lipinski definition) is 6. The molecule has 174 valence electrons. The fraction of sp³-hybridized carbons (Fsp3) is 0.136. The molecule has 0 unspecified atom stereocenters. The second-order valence-corrected chi connectivity index (χ2v) is 11.0. The van der Waals surface area contributed by atoms with Gasteiger partial charge in [0.2, 0.25) is 9.84 Å². The zero-order valence-electron chi connectivity index (χ0n) is 17.9. The molecule has 33 heavy (non-hydrogen) atoms. The van der Waals surface area contributed by atoms with E-state index in [1.54, 1.807) is 6.92 Å². The van der Waals surface area contributed by atoms with Gasteiger partial charge in [-0.3, -0.25) is 0 Å². The predicted octanol–water partition coefficient (Wildman–Crippen LogP) is 4.41. The maximum absolute atomic E-state index is 13.3. The van der Waals surface area contributed by atoms with Crippen LogP contribution in [0.25, 0.3) is 0 Å². The third kappa shape index (κ3) is 5.47. The van der Waals surface area contributed by atoms with E-state index in [0.29, 0.717) is 16.3 Å². The number of phenolic OH excluding ortho intramolecular Hbond substituents is 1. The monoisotopic (exact) mass is 508 g/mol. The van der Waals surface area contributed by atoms with Gasteiger partial charge in [-0.1, -0.05) is 11.6 Å². The summed E-state index contributed by atoms with van der Waals surface area (Å²) in [6, 6.07) is 13.7. The van der Waals surface area contributed by atoms with Crippen molar-refractivity contribution in [1.29, 1.82) is 0 Å². The molecule has 3 rings (SSSR count). The maximum atomic E-state index is 13.3. The van der Waals surface area contributed by atoms with Crippen LogP contribution < -0.4 is 10.1 Å². The van der Waals surface area contributed by atoms with Gasteiger partial charge >= 0.3 is 0 Å². The molecular weight excluding hydrogens is 488 g/mol. The Hall–Kier alpha value is -3.08. The molecule has 0 saturated carbocycles. The molecule has 0 bridgehead atoms. The first-order valence-electron chi connectivity index (χ1n) is 9.51. The molecule has 0 radical (unpaired) electrons. The van der Waals surface area contributed by atoms with Crippen molar-refractivity contribution >= 4 is 43.0 Å². The zero-order valence-corrected chi connectivity index (χ0v) is 20.3. The van der Waals surface area contributed by atoms with Crippen LogP contribution in [0.15, 0.2) is 79.7 Å². The Balaban J connectivity index is 2.05. The molecule has 0 aliphatic heterocycles. The Morgan fingerprint density at radius 3 is 2.12 bits per heavy atom. The molecule has 0 heterocycles. The van der Waals surface area contributed by atoms with Crippen molar-refractivity contribution in [2.45, 2.75) is 28.5 Å². The molecule has 2 N–H and O–H groups in total. The lowest BCUT2D eigenvalue weighted by molar-refractivity contribution is 0.414. The summed E-state index contributed by atoms with van der Waals surface area (Å²) in [7, 11) is -6.69. The van der Waals surface area contributed by atoms with Crippen molar-refractivity contribution in [2.75, 3.05) is 12.4 Å². The fourth-order valence-corrected chi connectivity index (χ4v) is 5.66. The molecule has 11 heteroatoms. The van der Waals surface area contributed by atoms with Crippen molar-refractivity contribution < 1.29 is 26.7 Å². The first kappa shape index (κ1) is 24.6. The summed E-state index contributed by atoms with van der Waals surface area (Å²) in [5, 5.41) is 13.2. The molecular formula is C22H21ClN2O6S2. The van der Waals surface area contributed by atoms with E-state index >= 15 is 0 Å². The number of ether oxygens (including phenoxy) is 1. The van der Waals surface area contributed by atoms with E-state index < -0.39 is 19.9 Å². The largest absolute Gasteiger partial charge is 0.508 e. The summed E-state index contributed by atoms with van der Waals surface area (Å²) in [6.07, 6.45) is 0. The molecule has 0 amide bonds. The minimum absolute atomic E-state index is 0.0280. The minimum Gasteiger partial charge on any atom is -0.508 e. The SMILES string of the molecule is COc1ccc(S(=O)(=O)c2cc(O)cc(C)c2NC(C)=NS(=O)(=O)c2ccc(Cl)cc2)cc1. The first-order chi connectivity index (χ1) is 15.4. The van der Waals surface area contributed by atoms with E-state index in [9.17, 15) is 21.9 Å². The lowest BCUT2D eigenvalue weighted by atomic mass is 10.2. The number of aryl methyl sites for hydroxylation is 1. The molecule has 0 aromatic heterocycles. The van der Waals surface area contributed by atoms with Crippen molar-refractivity contribution in [3.63, 3.8) is 0 Å². The van der Waals surface area contributed by atoms with Gasteiger partial charge in [0.25, 0.3) is 10.0 Å². The van der Waals surface area contributed by atoms with Crippen LogP contribution in [-0.4, -0.2) is 34.9 Å². The number of anilines is 1. The topological polar surface area (TPSA) is 122 Å². The highest BCUT2D eigenvalue weighted by Gasteiger charge is 2.25. The standard InChI is InChI=1S/C22H21ClN2O6S2/c1-14-12-17(26)13-21(32(27,28)19-10-6-18(31-3)7-11-19)22(14)24-15(2)25-33(29,30)20-8-4-16(23)5-9-20/h4-13,26H,1-3H3,(H,24,25). The van der Waals surface area contributed by atoms with Crippen LogP contribution in [-0.2, 0) is 19.9 Å². The summed E-state index contributed by atoms with van der Waals surface area (Å²) in [6.45, 7) is 2.97. The van der Waals surface area contributed by atoms with Crippen LogP contribution in [0.4, 0.5) is 5.69 Å². The number of methoxy groups -OCH3 is 1. The maximum Gasteiger partial charge on any atom is 0.283 e. The highest BCUT2D eigenvalue weighted by Crippen LogP contribution is 2.34. The number of sulfone groups is 1. The van der Waals surface area contributed by atoms with E-state index in [-0.39, 0.29) is 32.0 Å². The second kappa shape index (κ2) is 9.42. The summed E-state index contributed by atoms with van der Waals surface area (Å²) >= 11 is 5.81. The van der Waals surface area contributed by atoms with Crippen molar-refractivity contribution in [1.82, 2.24) is 0 Å². The normalized spacial score (nSPS) is 12.4. The lowest BCUT2D eigenvalue weighted by Gasteiger charge is -2.16. The number of aromatic hydroxyl groups is 1. The summed E-state index contributed by atoms with van der Waals surface area (Å²) in [5.74, 6) is 0.160. The van der Waals surface area contributed by atoms with Gasteiger partial charge < -0.3 is 15.2 Å². The number of rotatable bonds is 6. The summed E-state index contributed by atoms with van der Waals surface area (Å²) in [5.41, 5.74) is 0.469. The Morgan fingerprint density at radius 1 is 0.970 bits per heavy atom.